The van der Waals surface area contributed by atoms with Crippen LogP contribution in [0, 0.1) is 0 Å². The molecule has 3 rings (SSSR count). The smallest absolute Gasteiger partial charge is 0.748 e. The second-order valence-electron chi connectivity index (χ2n) is 10.5. The average molecular weight is 568 g/mol. The molecule has 0 radical (unpaired) electrons. The van der Waals surface area contributed by atoms with Crippen molar-refractivity contribution in [2.24, 2.45) is 0 Å². The predicted molar refractivity (Wildman–Crippen MR) is 157 cm³/mol. The molecule has 4 nitrogen and oxygen atoms in total. The molecule has 0 N–H and O–H groups in total. The molecule has 0 saturated heterocycles. The number of fused-ring (bicyclic) bond motifs is 2. The molecule has 0 aromatic heterocycles. The van der Waals surface area contributed by atoms with Gasteiger partial charge >= 0.3 is 29.6 Å². The first-order valence-corrected chi connectivity index (χ1v) is 17.0. The van der Waals surface area contributed by atoms with Gasteiger partial charge in [-0.15, -0.1) is 0 Å². The summed E-state index contributed by atoms with van der Waals surface area (Å²) in [7, 11) is -4.21. The summed E-state index contributed by atoms with van der Waals surface area (Å²) >= 11 is 1.83. The molecule has 1 aliphatic rings. The monoisotopic (exact) mass is 567 g/mol. The Morgan fingerprint density at radius 2 is 1.13 bits per heavy atom. The molecule has 2 aromatic rings. The SMILES string of the molecule is CCCCCCCCc1ccc2c(c1)Sc1cc(CCCCCCCC)ccc1N2CCCS(=O)(=O)[O-].[Na+]. The van der Waals surface area contributed by atoms with Crippen molar-refractivity contribution in [3.63, 3.8) is 0 Å². The molecule has 2 aromatic carbocycles. The van der Waals surface area contributed by atoms with Gasteiger partial charge in [0.05, 0.1) is 21.5 Å². The van der Waals surface area contributed by atoms with Gasteiger partial charge in [-0.3, -0.25) is 0 Å². The first-order chi connectivity index (χ1) is 17.9. The Morgan fingerprint density at radius 3 is 1.58 bits per heavy atom. The van der Waals surface area contributed by atoms with Crippen LogP contribution in [0.1, 0.15) is 108 Å². The predicted octanol–water partition coefficient (Wildman–Crippen LogP) is 6.03. The number of rotatable bonds is 18. The quantitative estimate of drug-likeness (QED) is 0.125. The number of anilines is 2. The maximum Gasteiger partial charge on any atom is 1.00 e. The number of nitrogens with zero attached hydrogens (tertiary/aromatic N) is 1. The third-order valence-electron chi connectivity index (χ3n) is 7.26. The molecule has 0 unspecified atom stereocenters. The van der Waals surface area contributed by atoms with E-state index in [1.54, 1.807) is 0 Å². The van der Waals surface area contributed by atoms with E-state index in [1.807, 2.05) is 11.8 Å². The van der Waals surface area contributed by atoms with E-state index in [4.69, 9.17) is 0 Å². The van der Waals surface area contributed by atoms with Crippen molar-refractivity contribution in [1.82, 2.24) is 0 Å². The van der Waals surface area contributed by atoms with Crippen LogP contribution in [0.3, 0.4) is 0 Å². The van der Waals surface area contributed by atoms with E-state index in [-0.39, 0.29) is 35.3 Å². The Hall–Kier alpha value is -0.500. The van der Waals surface area contributed by atoms with Crippen molar-refractivity contribution in [3.8, 4) is 0 Å². The minimum atomic E-state index is -4.21. The molecule has 0 aliphatic carbocycles. The summed E-state index contributed by atoms with van der Waals surface area (Å²) < 4.78 is 33.7. The van der Waals surface area contributed by atoms with Crippen molar-refractivity contribution >= 4 is 33.3 Å². The third kappa shape index (κ3) is 11.5. The summed E-state index contributed by atoms with van der Waals surface area (Å²) in [5, 5.41) is 0. The second kappa shape index (κ2) is 18.0. The van der Waals surface area contributed by atoms with Crippen LogP contribution in [0.2, 0.25) is 0 Å². The van der Waals surface area contributed by atoms with E-state index in [0.717, 1.165) is 24.2 Å². The number of benzene rings is 2. The molecule has 7 heteroatoms. The van der Waals surface area contributed by atoms with Crippen LogP contribution in [0.25, 0.3) is 0 Å². The molecule has 0 spiro atoms. The molecule has 38 heavy (non-hydrogen) atoms. The van der Waals surface area contributed by atoms with Crippen LogP contribution in [-0.4, -0.2) is 25.3 Å². The second-order valence-corrected chi connectivity index (χ2v) is 13.1. The van der Waals surface area contributed by atoms with Crippen LogP contribution in [0.4, 0.5) is 11.4 Å². The summed E-state index contributed by atoms with van der Waals surface area (Å²) in [6, 6.07) is 13.5. The molecule has 1 aliphatic heterocycles. The van der Waals surface area contributed by atoms with Crippen LogP contribution in [0.5, 0.6) is 0 Å². The zero-order valence-electron chi connectivity index (χ0n) is 24.0. The van der Waals surface area contributed by atoms with Crippen molar-refractivity contribution in [3.05, 3.63) is 47.5 Å². The van der Waals surface area contributed by atoms with Gasteiger partial charge in [0, 0.05) is 22.1 Å². The van der Waals surface area contributed by atoms with Gasteiger partial charge < -0.3 is 9.45 Å². The molecule has 0 amide bonds. The minimum absolute atomic E-state index is 0. The molecule has 1 heterocycles. The van der Waals surface area contributed by atoms with Crippen molar-refractivity contribution in [2.75, 3.05) is 17.2 Å². The molecule has 0 saturated carbocycles. The van der Waals surface area contributed by atoms with Gasteiger partial charge in [-0.25, -0.2) is 8.42 Å². The largest absolute Gasteiger partial charge is 1.00 e. The van der Waals surface area contributed by atoms with E-state index in [0.29, 0.717) is 13.0 Å². The minimum Gasteiger partial charge on any atom is -0.748 e. The molecular formula is C31H46NNaO3S2. The maximum atomic E-state index is 11.2. The fourth-order valence-electron chi connectivity index (χ4n) is 5.15. The Bertz CT molecular complexity index is 1010. The Balaban J connectivity index is 0.00000507. The number of hydrogen-bond donors (Lipinski definition) is 0. The van der Waals surface area contributed by atoms with Gasteiger partial charge in [0.2, 0.25) is 0 Å². The summed E-state index contributed by atoms with van der Waals surface area (Å²) in [4.78, 5) is 4.69. The first kappa shape index (κ1) is 33.7. The van der Waals surface area contributed by atoms with E-state index < -0.39 is 10.1 Å². The van der Waals surface area contributed by atoms with Gasteiger partial charge in [-0.2, -0.15) is 0 Å². The third-order valence-corrected chi connectivity index (χ3v) is 9.15. The first-order valence-electron chi connectivity index (χ1n) is 14.6. The Labute approximate surface area is 258 Å². The molecule has 206 valence electrons. The molecule has 0 fully saturated rings. The van der Waals surface area contributed by atoms with E-state index in [9.17, 15) is 13.0 Å². The van der Waals surface area contributed by atoms with Crippen LogP contribution >= 0.6 is 11.8 Å². The van der Waals surface area contributed by atoms with E-state index in [1.165, 1.54) is 98.0 Å². The number of unbranched alkanes of at least 4 members (excludes halogenated alkanes) is 10. The average Bonchev–Trinajstić information content (AvgIpc) is 2.87. The maximum absolute atomic E-state index is 11.2. The zero-order valence-corrected chi connectivity index (χ0v) is 27.6. The van der Waals surface area contributed by atoms with E-state index in [2.05, 4.69) is 55.1 Å². The normalized spacial score (nSPS) is 12.7. The van der Waals surface area contributed by atoms with Gasteiger partial charge in [0.25, 0.3) is 0 Å². The molecular weight excluding hydrogens is 521 g/mol. The summed E-state index contributed by atoms with van der Waals surface area (Å²) in [5.74, 6) is -0.326. The summed E-state index contributed by atoms with van der Waals surface area (Å²) in [5.41, 5.74) is 4.98. The summed E-state index contributed by atoms with van der Waals surface area (Å²) in [6.07, 6.45) is 18.1. The van der Waals surface area contributed by atoms with Crippen LogP contribution in [-0.2, 0) is 23.0 Å². The molecule has 0 atom stereocenters. The standard InChI is InChI=1S/C31H47NO3S2.Na/c1-3-5-7-9-11-13-16-26-18-20-28-30(24-26)36-31-25-27(17-14-12-10-8-6-4-2)19-21-29(31)32(28)22-15-23-37(33,34)35;/h18-21,24-25H,3-17,22-23H2,1-2H3,(H,33,34,35);/q;+1/p-1. The fourth-order valence-corrected chi connectivity index (χ4v) is 6.85. The zero-order chi connectivity index (χ0) is 26.5. The molecule has 0 bridgehead atoms. The Morgan fingerprint density at radius 1 is 0.684 bits per heavy atom. The van der Waals surface area contributed by atoms with Gasteiger partial charge in [-0.1, -0.05) is 102 Å². The van der Waals surface area contributed by atoms with Crippen LogP contribution in [0.15, 0.2) is 46.2 Å². The van der Waals surface area contributed by atoms with Gasteiger partial charge in [0.1, 0.15) is 0 Å². The van der Waals surface area contributed by atoms with Crippen molar-refractivity contribution in [2.45, 2.75) is 120 Å². The Kier molecular flexibility index (Phi) is 16.0. The number of hydrogen-bond acceptors (Lipinski definition) is 5. The van der Waals surface area contributed by atoms with Crippen molar-refractivity contribution in [1.29, 1.82) is 0 Å². The fraction of sp³-hybridized carbons (Fsp3) is 0.613. The summed E-state index contributed by atoms with van der Waals surface area (Å²) in [6.45, 7) is 5.03. The topological polar surface area (TPSA) is 60.4 Å². The van der Waals surface area contributed by atoms with Gasteiger partial charge in [-0.05, 0) is 67.5 Å². The van der Waals surface area contributed by atoms with Gasteiger partial charge in [0.15, 0.2) is 0 Å². The number of aryl methyl sites for hydroxylation is 2. The van der Waals surface area contributed by atoms with E-state index >= 15 is 0 Å². The van der Waals surface area contributed by atoms with Crippen molar-refractivity contribution < 1.29 is 42.5 Å². The van der Waals surface area contributed by atoms with Crippen LogP contribution < -0.4 is 34.5 Å².